The number of benzene rings is 2. The number of carbonyl (C=O) groups is 2. The molecule has 3 rings (SSSR count). The molecule has 0 bridgehead atoms. The molecule has 1 unspecified atom stereocenters. The number of fused-ring (bicyclic) bond motifs is 1. The Kier molecular flexibility index (Phi) is 7.39. The topological polar surface area (TPSA) is 71.1 Å². The minimum absolute atomic E-state index is 0.0411. The van der Waals surface area contributed by atoms with Gasteiger partial charge in [-0.1, -0.05) is 25.1 Å². The van der Waals surface area contributed by atoms with Crippen LogP contribution in [-0.2, 0) is 11.2 Å². The number of rotatable bonds is 7. The summed E-state index contributed by atoms with van der Waals surface area (Å²) in [6.07, 6.45) is 1.50. The predicted octanol–water partition coefficient (Wildman–Crippen LogP) is 4.09. The van der Waals surface area contributed by atoms with Crippen LogP contribution < -0.4 is 14.8 Å². The first-order valence-electron chi connectivity index (χ1n) is 10.6. The molecule has 0 saturated heterocycles. The average molecular weight is 426 g/mol. The highest BCUT2D eigenvalue weighted by Crippen LogP contribution is 2.37. The maximum Gasteiger partial charge on any atom is 0.322 e. The second-order valence-electron chi connectivity index (χ2n) is 7.64. The van der Waals surface area contributed by atoms with E-state index >= 15 is 0 Å². The summed E-state index contributed by atoms with van der Waals surface area (Å²) in [5.41, 5.74) is 2.91. The lowest BCUT2D eigenvalue weighted by Crippen LogP contribution is -2.47. The number of methoxy groups -OCH3 is 2. The molecule has 7 heteroatoms. The zero-order valence-electron chi connectivity index (χ0n) is 18.7. The maximum atomic E-state index is 13.2. The van der Waals surface area contributed by atoms with Gasteiger partial charge < -0.3 is 24.6 Å². The number of para-hydroxylation sites is 1. The second-order valence-corrected chi connectivity index (χ2v) is 7.64. The van der Waals surface area contributed by atoms with Crippen molar-refractivity contribution < 1.29 is 19.1 Å². The molecule has 0 aliphatic carbocycles. The van der Waals surface area contributed by atoms with Crippen LogP contribution in [0.15, 0.2) is 42.5 Å². The monoisotopic (exact) mass is 425 g/mol. The Balaban J connectivity index is 1.73. The Hall–Kier alpha value is -3.22. The van der Waals surface area contributed by atoms with E-state index in [0.717, 1.165) is 24.0 Å². The van der Waals surface area contributed by atoms with Gasteiger partial charge >= 0.3 is 6.03 Å². The van der Waals surface area contributed by atoms with Gasteiger partial charge in [0.25, 0.3) is 0 Å². The van der Waals surface area contributed by atoms with Crippen molar-refractivity contribution in [1.29, 1.82) is 0 Å². The Bertz CT molecular complexity index is 917. The first-order valence-corrected chi connectivity index (χ1v) is 10.6. The molecule has 1 heterocycles. The lowest BCUT2D eigenvalue weighted by molar-refractivity contribution is -0.134. The molecule has 1 aliphatic heterocycles. The first-order chi connectivity index (χ1) is 15.0. The number of hydrogen-bond donors (Lipinski definition) is 1. The summed E-state index contributed by atoms with van der Waals surface area (Å²) in [7, 11) is 3.23. The Morgan fingerprint density at radius 3 is 2.45 bits per heavy atom. The van der Waals surface area contributed by atoms with E-state index in [-0.39, 0.29) is 24.5 Å². The number of nitrogens with zero attached hydrogens (tertiary/aromatic N) is 2. The Labute approximate surface area is 183 Å². The molecule has 7 nitrogen and oxygen atoms in total. The van der Waals surface area contributed by atoms with Crippen LogP contribution in [-0.4, -0.2) is 55.6 Å². The zero-order valence-corrected chi connectivity index (χ0v) is 18.7. The van der Waals surface area contributed by atoms with Gasteiger partial charge in [-0.3, -0.25) is 4.79 Å². The van der Waals surface area contributed by atoms with Crippen LogP contribution in [0, 0.1) is 0 Å². The van der Waals surface area contributed by atoms with Gasteiger partial charge in [-0.2, -0.15) is 0 Å². The van der Waals surface area contributed by atoms with Crippen LogP contribution in [0.5, 0.6) is 11.5 Å². The molecule has 0 radical (unpaired) electrons. The van der Waals surface area contributed by atoms with E-state index < -0.39 is 0 Å². The van der Waals surface area contributed by atoms with Crippen molar-refractivity contribution in [2.24, 2.45) is 0 Å². The summed E-state index contributed by atoms with van der Waals surface area (Å²) in [6, 6.07) is 12.8. The van der Waals surface area contributed by atoms with Crippen molar-refractivity contribution >= 4 is 17.6 Å². The average Bonchev–Trinajstić information content (AvgIpc) is 2.78. The van der Waals surface area contributed by atoms with Crippen molar-refractivity contribution in [3.05, 3.63) is 53.6 Å². The molecular weight excluding hydrogens is 394 g/mol. The van der Waals surface area contributed by atoms with Crippen LogP contribution >= 0.6 is 0 Å². The third kappa shape index (κ3) is 5.10. The summed E-state index contributed by atoms with van der Waals surface area (Å²) in [5, 5.41) is 2.88. The highest BCUT2D eigenvalue weighted by Gasteiger charge is 2.30. The molecule has 0 aromatic heterocycles. The largest absolute Gasteiger partial charge is 0.493 e. The summed E-state index contributed by atoms with van der Waals surface area (Å²) in [6.45, 7) is 5.15. The molecule has 31 heavy (non-hydrogen) atoms. The SMILES string of the molecule is CCCN(CC(=O)N1CCc2cc(OC)c(OC)cc2C1C)C(=O)Nc1ccccc1. The minimum Gasteiger partial charge on any atom is -0.493 e. The molecule has 0 fully saturated rings. The predicted molar refractivity (Wildman–Crippen MR) is 121 cm³/mol. The Morgan fingerprint density at radius 2 is 1.81 bits per heavy atom. The van der Waals surface area contributed by atoms with Crippen molar-refractivity contribution in [2.45, 2.75) is 32.7 Å². The fraction of sp³-hybridized carbons (Fsp3) is 0.417. The number of hydrogen-bond acceptors (Lipinski definition) is 4. The van der Waals surface area contributed by atoms with Crippen LogP contribution in [0.4, 0.5) is 10.5 Å². The minimum atomic E-state index is -0.266. The van der Waals surface area contributed by atoms with E-state index in [1.165, 1.54) is 0 Å². The number of ether oxygens (including phenoxy) is 2. The molecule has 2 aromatic rings. The van der Waals surface area contributed by atoms with Gasteiger partial charge in [0.05, 0.1) is 20.3 Å². The van der Waals surface area contributed by atoms with E-state index in [9.17, 15) is 9.59 Å². The van der Waals surface area contributed by atoms with E-state index in [1.807, 2.05) is 61.2 Å². The summed E-state index contributed by atoms with van der Waals surface area (Å²) >= 11 is 0. The van der Waals surface area contributed by atoms with Crippen LogP contribution in [0.3, 0.4) is 0 Å². The number of amides is 3. The fourth-order valence-electron chi connectivity index (χ4n) is 3.99. The van der Waals surface area contributed by atoms with Gasteiger partial charge in [0.1, 0.15) is 6.54 Å². The lowest BCUT2D eigenvalue weighted by Gasteiger charge is -2.37. The molecule has 1 atom stereocenters. The van der Waals surface area contributed by atoms with Gasteiger partial charge in [-0.15, -0.1) is 0 Å². The van der Waals surface area contributed by atoms with Crippen molar-refractivity contribution in [1.82, 2.24) is 9.80 Å². The van der Waals surface area contributed by atoms with Gasteiger partial charge in [0, 0.05) is 18.8 Å². The first kappa shape index (κ1) is 22.5. The standard InChI is InChI=1S/C24H31N3O4/c1-5-12-26(24(29)25-19-9-7-6-8-10-19)16-23(28)27-13-11-18-14-21(30-3)22(31-4)15-20(18)17(27)2/h6-10,14-15,17H,5,11-13,16H2,1-4H3,(H,25,29). The normalized spacial score (nSPS) is 15.1. The highest BCUT2D eigenvalue weighted by atomic mass is 16.5. The number of urea groups is 1. The lowest BCUT2D eigenvalue weighted by atomic mass is 9.92. The van der Waals surface area contributed by atoms with Crippen molar-refractivity contribution in [3.8, 4) is 11.5 Å². The van der Waals surface area contributed by atoms with Crippen molar-refractivity contribution in [2.75, 3.05) is 39.2 Å². The third-order valence-electron chi connectivity index (χ3n) is 5.64. The van der Waals surface area contributed by atoms with E-state index in [2.05, 4.69) is 5.32 Å². The summed E-state index contributed by atoms with van der Waals surface area (Å²) in [5.74, 6) is 1.28. The third-order valence-corrected chi connectivity index (χ3v) is 5.64. The smallest absolute Gasteiger partial charge is 0.322 e. The van der Waals surface area contributed by atoms with Crippen molar-refractivity contribution in [3.63, 3.8) is 0 Å². The van der Waals surface area contributed by atoms with Crippen LogP contribution in [0.2, 0.25) is 0 Å². The molecule has 2 aromatic carbocycles. The van der Waals surface area contributed by atoms with Crippen LogP contribution in [0.1, 0.15) is 37.4 Å². The molecular formula is C24H31N3O4. The van der Waals surface area contributed by atoms with Gasteiger partial charge in [0.15, 0.2) is 11.5 Å². The van der Waals surface area contributed by atoms with Gasteiger partial charge in [-0.25, -0.2) is 4.79 Å². The van der Waals surface area contributed by atoms with E-state index in [1.54, 1.807) is 19.1 Å². The number of anilines is 1. The number of carbonyl (C=O) groups excluding carboxylic acids is 2. The maximum absolute atomic E-state index is 13.2. The van der Waals surface area contributed by atoms with Gasteiger partial charge in [0.2, 0.25) is 5.91 Å². The second kappa shape index (κ2) is 10.2. The highest BCUT2D eigenvalue weighted by molar-refractivity contribution is 5.92. The molecule has 3 amide bonds. The molecule has 1 N–H and O–H groups in total. The fourth-order valence-corrected chi connectivity index (χ4v) is 3.99. The Morgan fingerprint density at radius 1 is 1.13 bits per heavy atom. The number of nitrogens with one attached hydrogen (secondary N) is 1. The quantitative estimate of drug-likeness (QED) is 0.725. The molecule has 0 spiro atoms. The van der Waals surface area contributed by atoms with E-state index in [4.69, 9.17) is 9.47 Å². The zero-order chi connectivity index (χ0) is 22.4. The summed E-state index contributed by atoms with van der Waals surface area (Å²) in [4.78, 5) is 29.4. The molecule has 1 aliphatic rings. The molecule has 0 saturated carbocycles. The van der Waals surface area contributed by atoms with Crippen LogP contribution in [0.25, 0.3) is 0 Å². The van der Waals surface area contributed by atoms with Gasteiger partial charge in [-0.05, 0) is 55.2 Å². The van der Waals surface area contributed by atoms with E-state index in [0.29, 0.717) is 30.3 Å². The molecule has 166 valence electrons. The summed E-state index contributed by atoms with van der Waals surface area (Å²) < 4.78 is 10.9.